The zero-order valence-corrected chi connectivity index (χ0v) is 12.4. The number of nitrogens with one attached hydrogen (secondary N) is 1. The number of halogens is 1. The number of aryl methyl sites for hydroxylation is 1. The third-order valence-corrected chi connectivity index (χ3v) is 3.87. The van der Waals surface area contributed by atoms with Gasteiger partial charge in [0.1, 0.15) is 16.8 Å². The van der Waals surface area contributed by atoms with Crippen molar-refractivity contribution in [3.05, 3.63) is 16.5 Å². The van der Waals surface area contributed by atoms with Crippen LogP contribution in [0, 0.1) is 6.92 Å². The Morgan fingerprint density at radius 3 is 2.78 bits per heavy atom. The van der Waals surface area contributed by atoms with Crippen molar-refractivity contribution in [1.29, 1.82) is 0 Å². The Hall–Kier alpha value is -0.520. The van der Waals surface area contributed by atoms with Gasteiger partial charge in [-0.05, 0) is 19.1 Å². The number of aromatic nitrogens is 2. The van der Waals surface area contributed by atoms with Crippen LogP contribution < -0.4 is 5.32 Å². The van der Waals surface area contributed by atoms with Crippen LogP contribution in [-0.2, 0) is 6.42 Å². The Bertz CT molecular complexity index is 377. The molecule has 0 atom stereocenters. The molecule has 0 saturated carbocycles. The molecule has 0 spiro atoms. The summed E-state index contributed by atoms with van der Waals surface area (Å²) in [5, 5.41) is 12.5. The van der Waals surface area contributed by atoms with Crippen LogP contribution >= 0.6 is 23.4 Å². The lowest BCUT2D eigenvalue weighted by molar-refractivity contribution is 0.296. The second-order valence-electron chi connectivity index (χ2n) is 3.87. The lowest BCUT2D eigenvalue weighted by Gasteiger charge is -2.10. The van der Waals surface area contributed by atoms with Crippen LogP contribution in [0.3, 0.4) is 0 Å². The van der Waals surface area contributed by atoms with Gasteiger partial charge in [-0.2, -0.15) is 11.8 Å². The summed E-state index contributed by atoms with van der Waals surface area (Å²) in [6, 6.07) is 0. The van der Waals surface area contributed by atoms with Gasteiger partial charge in [-0.15, -0.1) is 0 Å². The summed E-state index contributed by atoms with van der Waals surface area (Å²) in [5.74, 6) is 3.57. The van der Waals surface area contributed by atoms with Crippen LogP contribution in [0.25, 0.3) is 0 Å². The van der Waals surface area contributed by atoms with Gasteiger partial charge < -0.3 is 10.4 Å². The molecule has 1 aromatic heterocycles. The first-order valence-corrected chi connectivity index (χ1v) is 7.67. The fraction of sp³-hybridized carbons (Fsp3) is 0.667. The molecule has 1 aromatic rings. The van der Waals surface area contributed by atoms with E-state index in [0.29, 0.717) is 5.15 Å². The van der Waals surface area contributed by atoms with E-state index in [4.69, 9.17) is 16.7 Å². The van der Waals surface area contributed by atoms with Crippen LogP contribution in [0.1, 0.15) is 24.7 Å². The first-order valence-electron chi connectivity index (χ1n) is 6.14. The summed E-state index contributed by atoms with van der Waals surface area (Å²) in [6.45, 7) is 5.03. The van der Waals surface area contributed by atoms with Gasteiger partial charge in [0.05, 0.1) is 0 Å². The predicted molar refractivity (Wildman–Crippen MR) is 78.7 cm³/mol. The fourth-order valence-corrected chi connectivity index (χ4v) is 2.34. The van der Waals surface area contributed by atoms with Gasteiger partial charge >= 0.3 is 0 Å². The normalized spacial score (nSPS) is 10.7. The molecule has 0 saturated heterocycles. The maximum atomic E-state index is 8.66. The van der Waals surface area contributed by atoms with E-state index in [1.165, 1.54) is 0 Å². The lowest BCUT2D eigenvalue weighted by atomic mass is 10.3. The minimum atomic E-state index is 0.265. The number of aliphatic hydroxyl groups is 1. The van der Waals surface area contributed by atoms with E-state index in [1.54, 1.807) is 0 Å². The first-order chi connectivity index (χ1) is 8.69. The summed E-state index contributed by atoms with van der Waals surface area (Å²) in [6.07, 6.45) is 1.63. The molecule has 0 amide bonds. The number of anilines is 1. The highest BCUT2D eigenvalue weighted by Crippen LogP contribution is 2.20. The quantitative estimate of drug-likeness (QED) is 0.569. The third kappa shape index (κ3) is 5.00. The maximum absolute atomic E-state index is 8.66. The van der Waals surface area contributed by atoms with Crippen molar-refractivity contribution in [2.24, 2.45) is 0 Å². The molecule has 0 fully saturated rings. The molecule has 1 heterocycles. The number of rotatable bonds is 8. The van der Waals surface area contributed by atoms with Crippen molar-refractivity contribution in [3.8, 4) is 0 Å². The summed E-state index contributed by atoms with van der Waals surface area (Å²) < 4.78 is 0. The SMILES string of the molecule is CCc1nc(Cl)c(C)c(NCCSCCCO)n1. The number of nitrogens with zero attached hydrogens (tertiary/aromatic N) is 2. The highest BCUT2D eigenvalue weighted by atomic mass is 35.5. The molecule has 1 rings (SSSR count). The Labute approximate surface area is 118 Å². The van der Waals surface area contributed by atoms with Crippen molar-refractivity contribution in [3.63, 3.8) is 0 Å². The van der Waals surface area contributed by atoms with Crippen molar-refractivity contribution in [2.45, 2.75) is 26.7 Å². The van der Waals surface area contributed by atoms with E-state index in [1.807, 2.05) is 25.6 Å². The van der Waals surface area contributed by atoms with E-state index in [0.717, 1.165) is 48.1 Å². The molecule has 0 aliphatic rings. The summed E-state index contributed by atoms with van der Waals surface area (Å²) in [7, 11) is 0. The third-order valence-electron chi connectivity index (χ3n) is 2.43. The van der Waals surface area contributed by atoms with Crippen LogP contribution in [0.2, 0.25) is 5.15 Å². The van der Waals surface area contributed by atoms with E-state index in [2.05, 4.69) is 15.3 Å². The van der Waals surface area contributed by atoms with Gasteiger partial charge in [-0.25, -0.2) is 9.97 Å². The number of hydrogen-bond donors (Lipinski definition) is 2. The number of hydrogen-bond acceptors (Lipinski definition) is 5. The maximum Gasteiger partial charge on any atom is 0.137 e. The number of thioether (sulfide) groups is 1. The molecule has 2 N–H and O–H groups in total. The van der Waals surface area contributed by atoms with Crippen LogP contribution in [0.4, 0.5) is 5.82 Å². The van der Waals surface area contributed by atoms with Crippen LogP contribution in [-0.4, -0.2) is 39.7 Å². The monoisotopic (exact) mass is 289 g/mol. The van der Waals surface area contributed by atoms with Crippen molar-refractivity contribution >= 4 is 29.2 Å². The predicted octanol–water partition coefficient (Wildman–Crippen LogP) is 2.53. The van der Waals surface area contributed by atoms with Gasteiger partial charge in [0, 0.05) is 30.9 Å². The molecular formula is C12H20ClN3OS. The molecule has 0 unspecified atom stereocenters. The van der Waals surface area contributed by atoms with Gasteiger partial charge in [-0.1, -0.05) is 18.5 Å². The average molecular weight is 290 g/mol. The Balaban J connectivity index is 2.44. The van der Waals surface area contributed by atoms with E-state index >= 15 is 0 Å². The zero-order valence-electron chi connectivity index (χ0n) is 10.9. The first kappa shape index (κ1) is 15.5. The Morgan fingerprint density at radius 2 is 2.11 bits per heavy atom. The van der Waals surface area contributed by atoms with Gasteiger partial charge in [0.2, 0.25) is 0 Å². The molecule has 4 nitrogen and oxygen atoms in total. The Morgan fingerprint density at radius 1 is 1.33 bits per heavy atom. The topological polar surface area (TPSA) is 58.0 Å². The Kier molecular flexibility index (Phi) is 7.39. The van der Waals surface area contributed by atoms with E-state index in [-0.39, 0.29) is 6.61 Å². The lowest BCUT2D eigenvalue weighted by Crippen LogP contribution is -2.10. The van der Waals surface area contributed by atoms with Crippen LogP contribution in [0.15, 0.2) is 0 Å². The van der Waals surface area contributed by atoms with Gasteiger partial charge in [0.15, 0.2) is 0 Å². The van der Waals surface area contributed by atoms with Gasteiger partial charge in [-0.3, -0.25) is 0 Å². The highest BCUT2D eigenvalue weighted by Gasteiger charge is 2.07. The average Bonchev–Trinajstić information content (AvgIpc) is 2.38. The zero-order chi connectivity index (χ0) is 13.4. The highest BCUT2D eigenvalue weighted by molar-refractivity contribution is 7.99. The second-order valence-corrected chi connectivity index (χ2v) is 5.46. The summed E-state index contributed by atoms with van der Waals surface area (Å²) in [4.78, 5) is 8.63. The summed E-state index contributed by atoms with van der Waals surface area (Å²) in [5.41, 5.74) is 0.897. The van der Waals surface area contributed by atoms with Crippen molar-refractivity contribution in [2.75, 3.05) is 30.0 Å². The standard InChI is InChI=1S/C12H20ClN3OS/c1-3-10-15-11(13)9(2)12(16-10)14-5-8-18-7-4-6-17/h17H,3-8H2,1-2H3,(H,14,15,16). The number of aliphatic hydroxyl groups excluding tert-OH is 1. The second kappa shape index (κ2) is 8.56. The fourth-order valence-electron chi connectivity index (χ4n) is 1.37. The molecule has 0 aromatic carbocycles. The largest absolute Gasteiger partial charge is 0.396 e. The minimum Gasteiger partial charge on any atom is -0.396 e. The molecule has 6 heteroatoms. The van der Waals surface area contributed by atoms with Crippen molar-refractivity contribution in [1.82, 2.24) is 9.97 Å². The summed E-state index contributed by atoms with van der Waals surface area (Å²) >= 11 is 7.87. The molecular weight excluding hydrogens is 270 g/mol. The van der Waals surface area contributed by atoms with Crippen LogP contribution in [0.5, 0.6) is 0 Å². The minimum absolute atomic E-state index is 0.265. The molecule has 0 aliphatic heterocycles. The van der Waals surface area contributed by atoms with Crippen molar-refractivity contribution < 1.29 is 5.11 Å². The molecule has 102 valence electrons. The smallest absolute Gasteiger partial charge is 0.137 e. The molecule has 0 radical (unpaired) electrons. The molecule has 18 heavy (non-hydrogen) atoms. The molecule has 0 bridgehead atoms. The van der Waals surface area contributed by atoms with E-state index < -0.39 is 0 Å². The molecule has 0 aliphatic carbocycles. The van der Waals surface area contributed by atoms with E-state index in [9.17, 15) is 0 Å². The van der Waals surface area contributed by atoms with Gasteiger partial charge in [0.25, 0.3) is 0 Å².